The molecule has 4 nitrogen and oxygen atoms in total. The Labute approximate surface area is 111 Å². The quantitative estimate of drug-likeness (QED) is 0.871. The van der Waals surface area contributed by atoms with Crippen LogP contribution in [0.4, 0.5) is 4.79 Å². The van der Waals surface area contributed by atoms with Crippen LogP contribution in [0.25, 0.3) is 0 Å². The Morgan fingerprint density at radius 2 is 2.50 bits per heavy atom. The van der Waals surface area contributed by atoms with E-state index in [1.54, 1.807) is 0 Å². The predicted octanol–water partition coefficient (Wildman–Crippen LogP) is 1.74. The molecule has 2 heterocycles. The van der Waals surface area contributed by atoms with E-state index in [1.807, 2.05) is 16.2 Å². The number of aryl methyl sites for hydroxylation is 1. The van der Waals surface area contributed by atoms with Crippen molar-refractivity contribution in [2.75, 3.05) is 26.2 Å². The van der Waals surface area contributed by atoms with Gasteiger partial charge in [-0.2, -0.15) is 0 Å². The van der Waals surface area contributed by atoms with Gasteiger partial charge in [-0.3, -0.25) is 0 Å². The van der Waals surface area contributed by atoms with Crippen LogP contribution < -0.4 is 10.6 Å². The normalized spacial score (nSPS) is 23.0. The molecule has 3 rings (SSSR count). The van der Waals surface area contributed by atoms with Gasteiger partial charge in [-0.05, 0) is 36.3 Å². The average molecular weight is 265 g/mol. The summed E-state index contributed by atoms with van der Waals surface area (Å²) in [7, 11) is 0. The molecule has 1 aliphatic carbocycles. The molecule has 1 saturated heterocycles. The minimum Gasteiger partial charge on any atom is -0.336 e. The summed E-state index contributed by atoms with van der Waals surface area (Å²) in [6.45, 7) is 3.32. The van der Waals surface area contributed by atoms with E-state index in [0.717, 1.165) is 26.2 Å². The number of nitrogens with one attached hydrogen (secondary N) is 2. The van der Waals surface area contributed by atoms with Gasteiger partial charge in [0.15, 0.2) is 0 Å². The molecule has 1 aromatic rings. The zero-order chi connectivity index (χ0) is 12.4. The van der Waals surface area contributed by atoms with Crippen LogP contribution in [0.2, 0.25) is 0 Å². The van der Waals surface area contributed by atoms with Crippen molar-refractivity contribution >= 4 is 17.4 Å². The van der Waals surface area contributed by atoms with Crippen LogP contribution in [0.1, 0.15) is 29.3 Å². The standard InChI is InChI=1S/C13H19N3OS/c17-13-15-6-8-16(13)7-5-14-11-2-1-3-12-10(11)4-9-18-12/h4,9,11,14H,1-3,5-8H2,(H,15,17). The highest BCUT2D eigenvalue weighted by Gasteiger charge is 2.22. The lowest BCUT2D eigenvalue weighted by molar-refractivity contribution is 0.216. The van der Waals surface area contributed by atoms with Gasteiger partial charge in [0.1, 0.15) is 0 Å². The van der Waals surface area contributed by atoms with Gasteiger partial charge in [0.2, 0.25) is 0 Å². The van der Waals surface area contributed by atoms with Crippen molar-refractivity contribution in [3.8, 4) is 0 Å². The Bertz CT molecular complexity index is 432. The zero-order valence-corrected chi connectivity index (χ0v) is 11.3. The molecular weight excluding hydrogens is 246 g/mol. The van der Waals surface area contributed by atoms with Gasteiger partial charge in [0, 0.05) is 37.1 Å². The van der Waals surface area contributed by atoms with Crippen LogP contribution >= 0.6 is 11.3 Å². The van der Waals surface area contributed by atoms with E-state index in [-0.39, 0.29) is 6.03 Å². The van der Waals surface area contributed by atoms with E-state index in [0.29, 0.717) is 6.04 Å². The van der Waals surface area contributed by atoms with Crippen molar-refractivity contribution in [3.63, 3.8) is 0 Å². The molecule has 0 aromatic carbocycles. The summed E-state index contributed by atoms with van der Waals surface area (Å²) < 4.78 is 0. The Morgan fingerprint density at radius 3 is 3.33 bits per heavy atom. The number of nitrogens with zero attached hydrogens (tertiary/aromatic N) is 1. The molecule has 2 amide bonds. The summed E-state index contributed by atoms with van der Waals surface area (Å²) in [6.07, 6.45) is 3.73. The topological polar surface area (TPSA) is 44.4 Å². The fourth-order valence-electron chi connectivity index (χ4n) is 2.80. The highest BCUT2D eigenvalue weighted by Crippen LogP contribution is 2.32. The third kappa shape index (κ3) is 2.37. The number of carbonyl (C=O) groups excluding carboxylic acids is 1. The van der Waals surface area contributed by atoms with E-state index in [2.05, 4.69) is 22.1 Å². The lowest BCUT2D eigenvalue weighted by atomic mass is 9.94. The zero-order valence-electron chi connectivity index (χ0n) is 10.4. The summed E-state index contributed by atoms with van der Waals surface area (Å²) >= 11 is 1.87. The first-order chi connectivity index (χ1) is 8.84. The number of rotatable bonds is 4. The number of hydrogen-bond acceptors (Lipinski definition) is 3. The maximum atomic E-state index is 11.4. The lowest BCUT2D eigenvalue weighted by Gasteiger charge is -2.25. The first-order valence-corrected chi connectivity index (χ1v) is 7.55. The van der Waals surface area contributed by atoms with Crippen LogP contribution in [0.5, 0.6) is 0 Å². The van der Waals surface area contributed by atoms with E-state index >= 15 is 0 Å². The molecule has 5 heteroatoms. The summed E-state index contributed by atoms with van der Waals surface area (Å²) in [4.78, 5) is 14.8. The maximum absolute atomic E-state index is 11.4. The Balaban J connectivity index is 1.51. The van der Waals surface area contributed by atoms with Crippen molar-refractivity contribution in [1.29, 1.82) is 0 Å². The second kappa shape index (κ2) is 5.28. The number of urea groups is 1. The molecule has 1 aliphatic heterocycles. The average Bonchev–Trinajstić information content (AvgIpc) is 2.99. The van der Waals surface area contributed by atoms with Gasteiger partial charge < -0.3 is 15.5 Å². The molecule has 0 bridgehead atoms. The van der Waals surface area contributed by atoms with Crippen LogP contribution in [0.15, 0.2) is 11.4 Å². The van der Waals surface area contributed by atoms with Crippen molar-refractivity contribution in [2.45, 2.75) is 25.3 Å². The molecule has 0 spiro atoms. The maximum Gasteiger partial charge on any atom is 0.317 e. The van der Waals surface area contributed by atoms with Crippen molar-refractivity contribution < 1.29 is 4.79 Å². The van der Waals surface area contributed by atoms with E-state index in [1.165, 1.54) is 29.7 Å². The Hall–Kier alpha value is -1.07. The summed E-state index contributed by atoms with van der Waals surface area (Å²) in [5, 5.41) is 8.62. The highest BCUT2D eigenvalue weighted by molar-refractivity contribution is 7.10. The number of carbonyl (C=O) groups is 1. The van der Waals surface area contributed by atoms with Crippen molar-refractivity contribution in [3.05, 3.63) is 21.9 Å². The molecule has 0 saturated carbocycles. The summed E-state index contributed by atoms with van der Waals surface area (Å²) in [6, 6.07) is 2.82. The first kappa shape index (κ1) is 12.0. The fraction of sp³-hybridized carbons (Fsp3) is 0.615. The van der Waals surface area contributed by atoms with E-state index < -0.39 is 0 Å². The molecule has 2 N–H and O–H groups in total. The van der Waals surface area contributed by atoms with Gasteiger partial charge >= 0.3 is 6.03 Å². The number of thiophene rings is 1. The van der Waals surface area contributed by atoms with Crippen molar-refractivity contribution in [1.82, 2.24) is 15.5 Å². The molecule has 1 atom stereocenters. The second-order valence-corrected chi connectivity index (χ2v) is 5.92. The molecule has 18 heavy (non-hydrogen) atoms. The van der Waals surface area contributed by atoms with E-state index in [9.17, 15) is 4.79 Å². The first-order valence-electron chi connectivity index (χ1n) is 6.67. The van der Waals surface area contributed by atoms with Gasteiger partial charge in [-0.1, -0.05) is 0 Å². The molecular formula is C13H19N3OS. The fourth-order valence-corrected chi connectivity index (χ4v) is 3.78. The Morgan fingerprint density at radius 1 is 1.56 bits per heavy atom. The molecule has 98 valence electrons. The Kier molecular flexibility index (Phi) is 3.52. The van der Waals surface area contributed by atoms with Crippen LogP contribution in [0.3, 0.4) is 0 Å². The molecule has 0 radical (unpaired) electrons. The highest BCUT2D eigenvalue weighted by atomic mass is 32.1. The molecule has 1 unspecified atom stereocenters. The van der Waals surface area contributed by atoms with Crippen molar-refractivity contribution in [2.24, 2.45) is 0 Å². The third-order valence-corrected chi connectivity index (χ3v) is 4.77. The number of hydrogen-bond donors (Lipinski definition) is 2. The minimum atomic E-state index is 0.0802. The molecule has 1 fully saturated rings. The predicted molar refractivity (Wildman–Crippen MR) is 73.0 cm³/mol. The van der Waals surface area contributed by atoms with Gasteiger partial charge in [-0.25, -0.2) is 4.79 Å². The van der Waals surface area contributed by atoms with Crippen LogP contribution in [0, 0.1) is 0 Å². The summed E-state index contributed by atoms with van der Waals surface area (Å²) in [5.74, 6) is 0. The lowest BCUT2D eigenvalue weighted by Crippen LogP contribution is -2.36. The minimum absolute atomic E-state index is 0.0802. The number of fused-ring (bicyclic) bond motifs is 1. The monoisotopic (exact) mass is 265 g/mol. The van der Waals surface area contributed by atoms with Gasteiger partial charge in [0.25, 0.3) is 0 Å². The van der Waals surface area contributed by atoms with Gasteiger partial charge in [-0.15, -0.1) is 11.3 Å². The largest absolute Gasteiger partial charge is 0.336 e. The van der Waals surface area contributed by atoms with Gasteiger partial charge in [0.05, 0.1) is 0 Å². The SMILES string of the molecule is O=C1NCCN1CCNC1CCCc2sccc21. The number of amides is 2. The second-order valence-electron chi connectivity index (χ2n) is 4.92. The van der Waals surface area contributed by atoms with Crippen LogP contribution in [-0.2, 0) is 6.42 Å². The van der Waals surface area contributed by atoms with E-state index in [4.69, 9.17) is 0 Å². The smallest absolute Gasteiger partial charge is 0.317 e. The third-order valence-electron chi connectivity index (χ3n) is 3.77. The molecule has 1 aromatic heterocycles. The molecule has 2 aliphatic rings. The summed E-state index contributed by atoms with van der Waals surface area (Å²) in [5.41, 5.74) is 1.48. The van der Waals surface area contributed by atoms with Crippen LogP contribution in [-0.4, -0.2) is 37.1 Å².